The summed E-state index contributed by atoms with van der Waals surface area (Å²) in [6.07, 6.45) is 4.93. The Morgan fingerprint density at radius 3 is 3.06 bits per heavy atom. The Labute approximate surface area is 96.7 Å². The maximum absolute atomic E-state index is 11.7. The molecule has 2 aromatic heterocycles. The summed E-state index contributed by atoms with van der Waals surface area (Å²) in [6, 6.07) is 0.457. The van der Waals surface area contributed by atoms with E-state index in [-0.39, 0.29) is 11.7 Å². The van der Waals surface area contributed by atoms with Crippen molar-refractivity contribution < 1.29 is 4.74 Å². The van der Waals surface area contributed by atoms with Crippen LogP contribution in [0.1, 0.15) is 19.9 Å². The Hall–Kier alpha value is -2.31. The number of imidazole rings is 1. The topological polar surface area (TPSA) is 74.0 Å². The van der Waals surface area contributed by atoms with E-state index in [1.807, 2.05) is 13.8 Å². The summed E-state index contributed by atoms with van der Waals surface area (Å²) < 4.78 is 8.61. The van der Waals surface area contributed by atoms with Gasteiger partial charge in [-0.3, -0.25) is 9.99 Å². The van der Waals surface area contributed by atoms with Crippen LogP contribution in [-0.4, -0.2) is 19.2 Å². The Bertz CT molecular complexity index is 628. The van der Waals surface area contributed by atoms with Crippen LogP contribution < -0.4 is 15.9 Å². The first-order valence-corrected chi connectivity index (χ1v) is 5.26. The minimum atomic E-state index is -0.307. The van der Waals surface area contributed by atoms with E-state index < -0.39 is 0 Å². The predicted octanol–water partition coefficient (Wildman–Crippen LogP) is 1.00. The molecule has 0 bridgehead atoms. The molecule has 0 aliphatic carbocycles. The lowest BCUT2D eigenvalue weighted by molar-refractivity contribution is 0.400. The quantitative estimate of drug-likeness (QED) is 0.678. The molecule has 0 spiro atoms. The number of anilines is 1. The molecule has 0 atom stereocenters. The number of hydrogen-bond donors (Lipinski definition) is 1. The van der Waals surface area contributed by atoms with Crippen molar-refractivity contribution in [1.29, 1.82) is 0 Å². The van der Waals surface area contributed by atoms with Crippen molar-refractivity contribution in [3.8, 4) is 11.8 Å². The molecule has 0 fully saturated rings. The van der Waals surface area contributed by atoms with Gasteiger partial charge in [-0.1, -0.05) is 0 Å². The van der Waals surface area contributed by atoms with Crippen LogP contribution >= 0.6 is 0 Å². The fourth-order valence-corrected chi connectivity index (χ4v) is 1.64. The molecule has 1 N–H and O–H groups in total. The normalized spacial score (nSPS) is 12.6. The number of rotatable bonds is 1. The first-order chi connectivity index (χ1) is 8.15. The third-order valence-corrected chi connectivity index (χ3v) is 2.51. The van der Waals surface area contributed by atoms with Crippen LogP contribution in [0.2, 0.25) is 0 Å². The van der Waals surface area contributed by atoms with Crippen LogP contribution in [0.15, 0.2) is 23.4 Å². The van der Waals surface area contributed by atoms with Crippen LogP contribution in [0.25, 0.3) is 0 Å². The van der Waals surface area contributed by atoms with E-state index in [1.165, 1.54) is 4.57 Å². The van der Waals surface area contributed by atoms with Crippen molar-refractivity contribution in [3.63, 3.8) is 0 Å². The zero-order chi connectivity index (χ0) is 12.0. The molecule has 0 aromatic carbocycles. The molecule has 7 heteroatoms. The first-order valence-electron chi connectivity index (χ1n) is 5.26. The Balaban J connectivity index is 2.12. The highest BCUT2D eigenvalue weighted by molar-refractivity contribution is 5.51. The molecule has 88 valence electrons. The van der Waals surface area contributed by atoms with Crippen molar-refractivity contribution in [3.05, 3.63) is 29.1 Å². The molecule has 0 saturated carbocycles. The molecule has 7 nitrogen and oxygen atoms in total. The van der Waals surface area contributed by atoms with Crippen molar-refractivity contribution in [1.82, 2.24) is 19.2 Å². The van der Waals surface area contributed by atoms with Gasteiger partial charge in [-0.2, -0.15) is 4.98 Å². The Morgan fingerprint density at radius 1 is 1.47 bits per heavy atom. The number of ether oxygens (including phenoxy) is 1. The molecular weight excluding hydrogens is 222 g/mol. The molecule has 2 aromatic rings. The van der Waals surface area contributed by atoms with Gasteiger partial charge in [0.15, 0.2) is 11.6 Å². The molecule has 3 rings (SSSR count). The molecule has 0 amide bonds. The van der Waals surface area contributed by atoms with Crippen molar-refractivity contribution in [2.45, 2.75) is 19.9 Å². The van der Waals surface area contributed by atoms with Gasteiger partial charge in [0, 0.05) is 6.04 Å². The zero-order valence-electron chi connectivity index (χ0n) is 9.41. The van der Waals surface area contributed by atoms with E-state index in [9.17, 15) is 4.79 Å². The second-order valence-electron chi connectivity index (χ2n) is 4.03. The lowest BCUT2D eigenvalue weighted by Crippen LogP contribution is -2.28. The average molecular weight is 233 g/mol. The van der Waals surface area contributed by atoms with Gasteiger partial charge in [-0.05, 0) is 13.8 Å². The van der Waals surface area contributed by atoms with E-state index in [4.69, 9.17) is 4.74 Å². The minimum Gasteiger partial charge on any atom is -0.419 e. The highest BCUT2D eigenvalue weighted by Crippen LogP contribution is 2.30. The van der Waals surface area contributed by atoms with Crippen molar-refractivity contribution in [2.24, 2.45) is 0 Å². The van der Waals surface area contributed by atoms with Gasteiger partial charge in [0.05, 0.1) is 18.6 Å². The van der Waals surface area contributed by atoms with Gasteiger partial charge in [0.1, 0.15) is 0 Å². The summed E-state index contributed by atoms with van der Waals surface area (Å²) in [5.74, 6) is 0.898. The summed E-state index contributed by atoms with van der Waals surface area (Å²) in [5.41, 5.74) is 2.63. The van der Waals surface area contributed by atoms with Gasteiger partial charge >= 0.3 is 11.7 Å². The zero-order valence-corrected chi connectivity index (χ0v) is 9.41. The third kappa shape index (κ3) is 1.47. The van der Waals surface area contributed by atoms with Crippen molar-refractivity contribution in [2.75, 3.05) is 5.43 Å². The summed E-state index contributed by atoms with van der Waals surface area (Å²) in [7, 11) is 0. The van der Waals surface area contributed by atoms with E-state index >= 15 is 0 Å². The summed E-state index contributed by atoms with van der Waals surface area (Å²) >= 11 is 0. The number of fused-ring (bicyclic) bond motifs is 2. The second kappa shape index (κ2) is 3.34. The number of nitrogens with zero attached hydrogens (tertiary/aromatic N) is 4. The number of nitrogens with one attached hydrogen (secondary N) is 1. The highest BCUT2D eigenvalue weighted by atomic mass is 16.5. The van der Waals surface area contributed by atoms with Crippen LogP contribution in [0.3, 0.4) is 0 Å². The highest BCUT2D eigenvalue weighted by Gasteiger charge is 2.20. The fraction of sp³-hybridized carbons (Fsp3) is 0.300. The molecule has 1 aliphatic rings. The number of aromatic nitrogens is 4. The van der Waals surface area contributed by atoms with E-state index in [2.05, 4.69) is 15.4 Å². The molecule has 3 heterocycles. The largest absolute Gasteiger partial charge is 0.419 e. The fourth-order valence-electron chi connectivity index (χ4n) is 1.64. The van der Waals surface area contributed by atoms with E-state index in [0.717, 1.165) is 0 Å². The van der Waals surface area contributed by atoms with E-state index in [1.54, 1.807) is 23.3 Å². The predicted molar refractivity (Wildman–Crippen MR) is 60.2 cm³/mol. The molecule has 0 saturated heterocycles. The maximum Gasteiger partial charge on any atom is 0.350 e. The van der Waals surface area contributed by atoms with Crippen LogP contribution in [0.5, 0.6) is 11.8 Å². The molecule has 1 aliphatic heterocycles. The molecular formula is C10H11N5O2. The standard InChI is InChI=1S/C10H11N5O2/c1-6(2)14-5-7-8(12-9(14)16)13-15-4-3-11-10(15)17-7/h3-6H,1-2H3,(H,12,13,16). The first kappa shape index (κ1) is 9.88. The monoisotopic (exact) mass is 233 g/mol. The van der Waals surface area contributed by atoms with Gasteiger partial charge < -0.3 is 4.74 Å². The lowest BCUT2D eigenvalue weighted by Gasteiger charge is -2.20. The van der Waals surface area contributed by atoms with E-state index in [0.29, 0.717) is 17.6 Å². The molecule has 0 unspecified atom stereocenters. The van der Waals surface area contributed by atoms with Gasteiger partial charge in [-0.15, -0.1) is 0 Å². The van der Waals surface area contributed by atoms with Gasteiger partial charge in [-0.25, -0.2) is 14.5 Å². The molecule has 17 heavy (non-hydrogen) atoms. The maximum atomic E-state index is 11.7. The van der Waals surface area contributed by atoms with Crippen molar-refractivity contribution >= 4 is 5.82 Å². The summed E-state index contributed by atoms with van der Waals surface area (Å²) in [4.78, 5) is 19.7. The average Bonchev–Trinajstić information content (AvgIpc) is 2.71. The summed E-state index contributed by atoms with van der Waals surface area (Å²) in [5, 5.41) is 0. The van der Waals surface area contributed by atoms with Crippen LogP contribution in [-0.2, 0) is 0 Å². The van der Waals surface area contributed by atoms with Crippen LogP contribution in [0.4, 0.5) is 5.82 Å². The van der Waals surface area contributed by atoms with Gasteiger partial charge in [0.25, 0.3) is 0 Å². The Kier molecular flexibility index (Phi) is 1.94. The van der Waals surface area contributed by atoms with Crippen LogP contribution in [0, 0.1) is 0 Å². The smallest absolute Gasteiger partial charge is 0.350 e. The molecule has 0 radical (unpaired) electrons. The minimum absolute atomic E-state index is 0.0329. The lowest BCUT2D eigenvalue weighted by atomic mass is 10.4. The Morgan fingerprint density at radius 2 is 2.29 bits per heavy atom. The summed E-state index contributed by atoms with van der Waals surface area (Å²) in [6.45, 7) is 3.82. The second-order valence-corrected chi connectivity index (χ2v) is 4.03. The third-order valence-electron chi connectivity index (χ3n) is 2.51. The van der Waals surface area contributed by atoms with Gasteiger partial charge in [0.2, 0.25) is 0 Å². The SMILES string of the molecule is CC(C)n1cc2c(nc1=O)Nn1ccnc1O2. The number of hydrogen-bond acceptors (Lipinski definition) is 5.